The molecule has 2 aromatic heterocycles. The van der Waals surface area contributed by atoms with Gasteiger partial charge in [-0.15, -0.1) is 0 Å². The number of hydrogen-bond donors (Lipinski definition) is 2. The maximum atomic E-state index is 13.0. The number of benzene rings is 1. The van der Waals surface area contributed by atoms with Gasteiger partial charge in [0, 0.05) is 24.3 Å². The van der Waals surface area contributed by atoms with Crippen LogP contribution in [-0.4, -0.2) is 37.7 Å². The van der Waals surface area contributed by atoms with Gasteiger partial charge in [-0.1, -0.05) is 29.0 Å². The van der Waals surface area contributed by atoms with E-state index in [4.69, 9.17) is 11.6 Å². The minimum absolute atomic E-state index is 0.0223. The van der Waals surface area contributed by atoms with E-state index in [0.29, 0.717) is 34.2 Å². The first-order chi connectivity index (χ1) is 12.4. The van der Waals surface area contributed by atoms with Crippen LogP contribution in [-0.2, 0) is 17.8 Å². The molecule has 134 valence electrons. The zero-order valence-electron chi connectivity index (χ0n) is 14.2. The number of amides is 2. The number of carbonyl (C=O) groups is 2. The Morgan fingerprint density at radius 3 is 2.92 bits per heavy atom. The van der Waals surface area contributed by atoms with Crippen molar-refractivity contribution in [3.05, 3.63) is 39.6 Å². The first-order valence-corrected chi connectivity index (χ1v) is 9.33. The fourth-order valence-corrected chi connectivity index (χ4v) is 4.33. The number of rotatable bonds is 2. The second kappa shape index (κ2) is 6.37. The lowest BCUT2D eigenvalue weighted by Gasteiger charge is -2.31. The minimum Gasteiger partial charge on any atom is -0.333 e. The van der Waals surface area contributed by atoms with Gasteiger partial charge in [-0.05, 0) is 19.1 Å². The Hall–Kier alpha value is -2.45. The van der Waals surface area contributed by atoms with Gasteiger partial charge in [0.15, 0.2) is 11.0 Å². The summed E-state index contributed by atoms with van der Waals surface area (Å²) < 4.78 is 0. The number of imidazole rings is 1. The minimum atomic E-state index is -0.176. The molecule has 1 aliphatic rings. The summed E-state index contributed by atoms with van der Waals surface area (Å²) in [6.45, 7) is 3.87. The van der Waals surface area contributed by atoms with Crippen molar-refractivity contribution in [2.75, 3.05) is 5.32 Å². The van der Waals surface area contributed by atoms with E-state index in [2.05, 4.69) is 20.3 Å². The molecule has 0 fully saturated rings. The van der Waals surface area contributed by atoms with E-state index < -0.39 is 0 Å². The lowest BCUT2D eigenvalue weighted by Crippen LogP contribution is -2.42. The largest absolute Gasteiger partial charge is 0.333 e. The van der Waals surface area contributed by atoms with Crippen LogP contribution in [0.2, 0.25) is 5.02 Å². The molecule has 1 aliphatic heterocycles. The Morgan fingerprint density at radius 1 is 1.38 bits per heavy atom. The van der Waals surface area contributed by atoms with Gasteiger partial charge in [-0.2, -0.15) is 0 Å². The molecule has 3 heterocycles. The zero-order chi connectivity index (χ0) is 18.4. The number of fused-ring (bicyclic) bond motifs is 2. The summed E-state index contributed by atoms with van der Waals surface area (Å²) in [6.07, 6.45) is 0.637. The Kier molecular flexibility index (Phi) is 4.16. The van der Waals surface area contributed by atoms with E-state index in [0.717, 1.165) is 10.6 Å². The highest BCUT2D eigenvalue weighted by atomic mass is 35.5. The van der Waals surface area contributed by atoms with Crippen LogP contribution < -0.4 is 5.32 Å². The van der Waals surface area contributed by atoms with Crippen molar-refractivity contribution in [2.24, 2.45) is 0 Å². The van der Waals surface area contributed by atoms with Gasteiger partial charge in [0.2, 0.25) is 5.91 Å². The summed E-state index contributed by atoms with van der Waals surface area (Å²) >= 11 is 7.56. The third kappa shape index (κ3) is 2.95. The first-order valence-electron chi connectivity index (χ1n) is 8.13. The van der Waals surface area contributed by atoms with Gasteiger partial charge < -0.3 is 15.2 Å². The molecule has 3 aromatic rings. The van der Waals surface area contributed by atoms with Gasteiger partial charge in [0.1, 0.15) is 0 Å². The normalized spacial score (nSPS) is 16.6. The summed E-state index contributed by atoms with van der Waals surface area (Å²) in [5.74, 6) is -0.0591. The molecule has 7 nitrogen and oxygen atoms in total. The number of nitrogens with one attached hydrogen (secondary N) is 2. The molecule has 1 aromatic carbocycles. The summed E-state index contributed by atoms with van der Waals surface area (Å²) in [7, 11) is 0. The van der Waals surface area contributed by atoms with Crippen LogP contribution in [0.25, 0.3) is 11.0 Å². The summed E-state index contributed by atoms with van der Waals surface area (Å²) in [5.41, 5.74) is 2.26. The Labute approximate surface area is 158 Å². The number of halogens is 1. The van der Waals surface area contributed by atoms with Crippen molar-refractivity contribution in [3.8, 4) is 0 Å². The maximum absolute atomic E-state index is 13.0. The second-order valence-electron chi connectivity index (χ2n) is 6.28. The quantitative estimate of drug-likeness (QED) is 0.704. The topological polar surface area (TPSA) is 91.0 Å². The molecule has 2 amide bonds. The summed E-state index contributed by atoms with van der Waals surface area (Å²) in [6, 6.07) is 5.35. The first kappa shape index (κ1) is 17.0. The molecule has 0 saturated carbocycles. The maximum Gasteiger partial charge on any atom is 0.290 e. The van der Waals surface area contributed by atoms with Crippen molar-refractivity contribution in [1.29, 1.82) is 0 Å². The molecule has 0 bridgehead atoms. The molecule has 4 rings (SSSR count). The van der Waals surface area contributed by atoms with Crippen LogP contribution in [0.15, 0.2) is 18.2 Å². The van der Waals surface area contributed by atoms with Crippen LogP contribution in [0.1, 0.15) is 35.0 Å². The monoisotopic (exact) mass is 389 g/mol. The highest BCUT2D eigenvalue weighted by molar-refractivity contribution is 7.15. The van der Waals surface area contributed by atoms with Gasteiger partial charge in [-0.25, -0.2) is 9.97 Å². The molecule has 0 saturated heterocycles. The highest BCUT2D eigenvalue weighted by Crippen LogP contribution is 2.31. The molecule has 1 atom stereocenters. The third-order valence-corrected chi connectivity index (χ3v) is 5.64. The van der Waals surface area contributed by atoms with E-state index in [1.165, 1.54) is 18.3 Å². The average Bonchev–Trinajstić information content (AvgIpc) is 3.16. The van der Waals surface area contributed by atoms with Crippen LogP contribution in [0.3, 0.4) is 0 Å². The third-order valence-electron chi connectivity index (χ3n) is 4.33. The van der Waals surface area contributed by atoms with Crippen molar-refractivity contribution in [2.45, 2.75) is 32.9 Å². The number of nitrogens with zero attached hydrogens (tertiary/aromatic N) is 3. The number of aromatic amines is 1. The van der Waals surface area contributed by atoms with Crippen LogP contribution >= 0.6 is 22.9 Å². The van der Waals surface area contributed by atoms with E-state index in [9.17, 15) is 9.59 Å². The van der Waals surface area contributed by atoms with Gasteiger partial charge >= 0.3 is 0 Å². The fraction of sp³-hybridized carbons (Fsp3) is 0.294. The van der Waals surface area contributed by atoms with Crippen molar-refractivity contribution >= 4 is 50.9 Å². The second-order valence-corrected chi connectivity index (χ2v) is 7.77. The average molecular weight is 390 g/mol. The molecule has 0 spiro atoms. The number of anilines is 1. The predicted octanol–water partition coefficient (Wildman–Crippen LogP) is 3.22. The molecule has 2 N–H and O–H groups in total. The number of carbonyl (C=O) groups excluding carboxylic acids is 2. The summed E-state index contributed by atoms with van der Waals surface area (Å²) in [5, 5.41) is 3.81. The molecule has 9 heteroatoms. The van der Waals surface area contributed by atoms with Gasteiger partial charge in [0.05, 0.1) is 28.3 Å². The van der Waals surface area contributed by atoms with Gasteiger partial charge in [0.25, 0.3) is 5.91 Å². The number of H-pyrrole nitrogens is 1. The molecule has 26 heavy (non-hydrogen) atoms. The lowest BCUT2D eigenvalue weighted by atomic mass is 10.1. The number of hydrogen-bond acceptors (Lipinski definition) is 5. The highest BCUT2D eigenvalue weighted by Gasteiger charge is 2.31. The molecule has 0 unspecified atom stereocenters. The Morgan fingerprint density at radius 2 is 2.19 bits per heavy atom. The van der Waals surface area contributed by atoms with E-state index in [1.54, 1.807) is 17.0 Å². The predicted molar refractivity (Wildman–Crippen MR) is 101 cm³/mol. The van der Waals surface area contributed by atoms with Crippen LogP contribution in [0, 0.1) is 0 Å². The number of thiazole rings is 1. The molecule has 0 radical (unpaired) electrons. The fourth-order valence-electron chi connectivity index (χ4n) is 3.08. The lowest BCUT2D eigenvalue weighted by molar-refractivity contribution is -0.114. The number of aromatic nitrogens is 3. The Balaban J connectivity index is 1.62. The molecular formula is C17H16ClN5O2S. The molecular weight excluding hydrogens is 374 g/mol. The smallest absolute Gasteiger partial charge is 0.290 e. The zero-order valence-corrected chi connectivity index (χ0v) is 15.7. The van der Waals surface area contributed by atoms with Crippen molar-refractivity contribution in [3.63, 3.8) is 0 Å². The van der Waals surface area contributed by atoms with E-state index in [1.807, 2.05) is 13.0 Å². The standard InChI is InChI=1S/C17H16ClN5O2S/c1-8-6-12-13(26-17(21-12)19-9(2)24)7-23(8)16(25)15-20-11-5-3-4-10(18)14(11)22-15/h3-5,8H,6-7H2,1-2H3,(H,20,22)(H,19,21,24)/t8-/m1/s1. The molecule has 0 aliphatic carbocycles. The van der Waals surface area contributed by atoms with E-state index in [-0.39, 0.29) is 23.7 Å². The van der Waals surface area contributed by atoms with Crippen molar-refractivity contribution < 1.29 is 9.59 Å². The van der Waals surface area contributed by atoms with Crippen LogP contribution in [0.5, 0.6) is 0 Å². The van der Waals surface area contributed by atoms with E-state index >= 15 is 0 Å². The van der Waals surface area contributed by atoms with Crippen LogP contribution in [0.4, 0.5) is 5.13 Å². The number of para-hydroxylation sites is 1. The Bertz CT molecular complexity index is 1030. The SMILES string of the molecule is CC(=O)Nc1nc2c(s1)CN(C(=O)c1nc3cccc(Cl)c3[nH]1)[C@H](C)C2. The summed E-state index contributed by atoms with van der Waals surface area (Å²) in [4.78, 5) is 38.8. The van der Waals surface area contributed by atoms with Gasteiger partial charge in [-0.3, -0.25) is 9.59 Å². The van der Waals surface area contributed by atoms with Crippen molar-refractivity contribution in [1.82, 2.24) is 19.9 Å².